The van der Waals surface area contributed by atoms with Crippen molar-refractivity contribution >= 4 is 17.4 Å². The van der Waals surface area contributed by atoms with E-state index < -0.39 is 11.7 Å². The number of aryl methyl sites for hydroxylation is 1. The van der Waals surface area contributed by atoms with Crippen molar-refractivity contribution in [2.24, 2.45) is 0 Å². The molecule has 1 aromatic carbocycles. The fourth-order valence-electron chi connectivity index (χ4n) is 1.58. The maximum atomic E-state index is 12.7. The number of nitrogen functional groups attached to an aromatic ring is 1. The molecule has 3 nitrogen and oxygen atoms in total. The summed E-state index contributed by atoms with van der Waals surface area (Å²) in [7, 11) is 0. The molecular weight excluding hydrogens is 293 g/mol. The summed E-state index contributed by atoms with van der Waals surface area (Å²) in [4.78, 5) is 3.73. The maximum Gasteiger partial charge on any atom is 0.416 e. The van der Waals surface area contributed by atoms with Crippen LogP contribution in [0.5, 0.6) is 11.6 Å². The Morgan fingerprint density at radius 1 is 1.20 bits per heavy atom. The van der Waals surface area contributed by atoms with E-state index in [9.17, 15) is 13.2 Å². The smallest absolute Gasteiger partial charge is 0.416 e. The number of rotatable bonds is 2. The largest absolute Gasteiger partial charge is 0.439 e. The molecule has 0 unspecified atom stereocenters. The minimum absolute atomic E-state index is 0.220. The van der Waals surface area contributed by atoms with Crippen LogP contribution in [0.15, 0.2) is 30.3 Å². The SMILES string of the molecule is Cc1cc(Cl)ccc1Oc1cc(C(F)(F)F)cc(N)n1. The maximum absolute atomic E-state index is 12.7. The Labute approximate surface area is 118 Å². The van der Waals surface area contributed by atoms with Crippen molar-refractivity contribution in [3.05, 3.63) is 46.5 Å². The van der Waals surface area contributed by atoms with Crippen molar-refractivity contribution in [2.75, 3.05) is 5.73 Å². The van der Waals surface area contributed by atoms with Gasteiger partial charge in [-0.3, -0.25) is 0 Å². The summed E-state index contributed by atoms with van der Waals surface area (Å²) in [6, 6.07) is 6.30. The van der Waals surface area contributed by atoms with Crippen LogP contribution >= 0.6 is 11.6 Å². The Bertz CT molecular complexity index is 644. The Kier molecular flexibility index (Phi) is 3.76. The fourth-order valence-corrected chi connectivity index (χ4v) is 1.81. The summed E-state index contributed by atoms with van der Waals surface area (Å²) in [6.45, 7) is 1.72. The number of nitrogens with two attached hydrogens (primary N) is 1. The first-order valence-electron chi connectivity index (χ1n) is 5.54. The standard InChI is InChI=1S/C13H10ClF3N2O/c1-7-4-9(14)2-3-10(7)20-12-6-8(13(15,16)17)5-11(18)19-12/h2-6H,1H3,(H2,18,19). The molecule has 0 aliphatic heterocycles. The van der Waals surface area contributed by atoms with Crippen LogP contribution in [0.4, 0.5) is 19.0 Å². The number of halogens is 4. The highest BCUT2D eigenvalue weighted by molar-refractivity contribution is 6.30. The molecule has 0 fully saturated rings. The molecule has 0 aliphatic carbocycles. The second-order valence-electron chi connectivity index (χ2n) is 4.13. The highest BCUT2D eigenvalue weighted by Crippen LogP contribution is 2.34. The van der Waals surface area contributed by atoms with Crippen LogP contribution in [-0.2, 0) is 6.18 Å². The summed E-state index contributed by atoms with van der Waals surface area (Å²) >= 11 is 5.79. The van der Waals surface area contributed by atoms with Crippen LogP contribution < -0.4 is 10.5 Å². The Morgan fingerprint density at radius 2 is 1.90 bits per heavy atom. The van der Waals surface area contributed by atoms with Crippen molar-refractivity contribution in [2.45, 2.75) is 13.1 Å². The summed E-state index contributed by atoms with van der Waals surface area (Å²) in [5.74, 6) is -0.121. The Balaban J connectivity index is 2.36. The summed E-state index contributed by atoms with van der Waals surface area (Å²) in [5.41, 5.74) is 5.13. The molecule has 7 heteroatoms. The van der Waals surface area contributed by atoms with Crippen molar-refractivity contribution in [3.8, 4) is 11.6 Å². The van der Waals surface area contributed by atoms with Crippen LogP contribution in [0, 0.1) is 6.92 Å². The van der Waals surface area contributed by atoms with Gasteiger partial charge in [0.2, 0.25) is 5.88 Å². The van der Waals surface area contributed by atoms with Gasteiger partial charge in [-0.1, -0.05) is 11.6 Å². The van der Waals surface area contributed by atoms with E-state index in [1.807, 2.05) is 0 Å². The van der Waals surface area contributed by atoms with Crippen molar-refractivity contribution < 1.29 is 17.9 Å². The topological polar surface area (TPSA) is 48.1 Å². The normalized spacial score (nSPS) is 11.4. The van der Waals surface area contributed by atoms with Gasteiger partial charge >= 0.3 is 6.18 Å². The quantitative estimate of drug-likeness (QED) is 0.892. The molecule has 0 bridgehead atoms. The number of benzene rings is 1. The molecule has 106 valence electrons. The number of hydrogen-bond donors (Lipinski definition) is 1. The Hall–Kier alpha value is -1.95. The van der Waals surface area contributed by atoms with Gasteiger partial charge in [-0.15, -0.1) is 0 Å². The minimum Gasteiger partial charge on any atom is -0.439 e. The number of ether oxygens (including phenoxy) is 1. The first-order valence-corrected chi connectivity index (χ1v) is 5.92. The van der Waals surface area contributed by atoms with Gasteiger partial charge in [0.1, 0.15) is 11.6 Å². The lowest BCUT2D eigenvalue weighted by Gasteiger charge is -2.12. The molecule has 1 heterocycles. The first kappa shape index (κ1) is 14.5. The molecule has 0 aliphatic rings. The second kappa shape index (κ2) is 5.20. The van der Waals surface area contributed by atoms with Crippen LogP contribution in [0.2, 0.25) is 5.02 Å². The highest BCUT2D eigenvalue weighted by atomic mass is 35.5. The minimum atomic E-state index is -4.51. The van der Waals surface area contributed by atoms with Gasteiger partial charge in [-0.25, -0.2) is 0 Å². The monoisotopic (exact) mass is 302 g/mol. The molecule has 0 saturated heterocycles. The lowest BCUT2D eigenvalue weighted by Crippen LogP contribution is -2.07. The predicted octanol–water partition coefficient (Wildman–Crippen LogP) is 4.44. The molecule has 2 rings (SSSR count). The third kappa shape index (κ3) is 3.33. The number of anilines is 1. The van der Waals surface area contributed by atoms with Crippen LogP contribution in [0.25, 0.3) is 0 Å². The molecule has 2 N–H and O–H groups in total. The molecule has 0 atom stereocenters. The zero-order valence-electron chi connectivity index (χ0n) is 10.3. The van der Waals surface area contributed by atoms with Gasteiger partial charge < -0.3 is 10.5 Å². The van der Waals surface area contributed by atoms with Gasteiger partial charge in [0, 0.05) is 11.1 Å². The van der Waals surface area contributed by atoms with E-state index in [2.05, 4.69) is 4.98 Å². The van der Waals surface area contributed by atoms with Crippen LogP contribution in [0.3, 0.4) is 0 Å². The molecule has 0 radical (unpaired) electrons. The number of hydrogen-bond acceptors (Lipinski definition) is 3. The van der Waals surface area contributed by atoms with E-state index in [0.717, 1.165) is 12.1 Å². The molecule has 20 heavy (non-hydrogen) atoms. The lowest BCUT2D eigenvalue weighted by atomic mass is 10.2. The van der Waals surface area contributed by atoms with Crippen molar-refractivity contribution in [1.82, 2.24) is 4.98 Å². The van der Waals surface area contributed by atoms with Gasteiger partial charge in [0.15, 0.2) is 0 Å². The zero-order chi connectivity index (χ0) is 14.9. The van der Waals surface area contributed by atoms with Crippen molar-refractivity contribution in [3.63, 3.8) is 0 Å². The van der Waals surface area contributed by atoms with E-state index in [0.29, 0.717) is 16.3 Å². The van der Waals surface area contributed by atoms with Gasteiger partial charge in [-0.2, -0.15) is 18.2 Å². The number of alkyl halides is 3. The third-order valence-electron chi connectivity index (χ3n) is 2.50. The molecule has 0 spiro atoms. The summed E-state index contributed by atoms with van der Waals surface area (Å²) in [5, 5.41) is 0.506. The molecule has 0 amide bonds. The lowest BCUT2D eigenvalue weighted by molar-refractivity contribution is -0.137. The first-order chi connectivity index (χ1) is 9.25. The van der Waals surface area contributed by atoms with E-state index in [1.165, 1.54) is 0 Å². The highest BCUT2D eigenvalue weighted by Gasteiger charge is 2.31. The summed E-state index contributed by atoms with van der Waals surface area (Å²) in [6.07, 6.45) is -4.51. The van der Waals surface area contributed by atoms with E-state index in [1.54, 1.807) is 25.1 Å². The molecule has 0 saturated carbocycles. The predicted molar refractivity (Wildman–Crippen MR) is 69.9 cm³/mol. The van der Waals surface area contributed by atoms with E-state index in [4.69, 9.17) is 22.1 Å². The third-order valence-corrected chi connectivity index (χ3v) is 2.74. The molecule has 1 aromatic heterocycles. The van der Waals surface area contributed by atoms with Gasteiger partial charge in [0.05, 0.1) is 5.56 Å². The van der Waals surface area contributed by atoms with Gasteiger partial charge in [-0.05, 0) is 36.8 Å². The second-order valence-corrected chi connectivity index (χ2v) is 4.56. The number of aromatic nitrogens is 1. The fraction of sp³-hybridized carbons (Fsp3) is 0.154. The average molecular weight is 303 g/mol. The van der Waals surface area contributed by atoms with E-state index in [-0.39, 0.29) is 11.7 Å². The number of nitrogens with zero attached hydrogens (tertiary/aromatic N) is 1. The summed E-state index contributed by atoms with van der Waals surface area (Å²) < 4.78 is 43.3. The van der Waals surface area contributed by atoms with Gasteiger partial charge in [0.25, 0.3) is 0 Å². The van der Waals surface area contributed by atoms with Crippen LogP contribution in [0.1, 0.15) is 11.1 Å². The molecular formula is C13H10ClF3N2O. The Morgan fingerprint density at radius 3 is 2.50 bits per heavy atom. The zero-order valence-corrected chi connectivity index (χ0v) is 11.1. The van der Waals surface area contributed by atoms with E-state index >= 15 is 0 Å². The number of pyridine rings is 1. The van der Waals surface area contributed by atoms with Crippen molar-refractivity contribution in [1.29, 1.82) is 0 Å². The average Bonchev–Trinajstić information content (AvgIpc) is 2.31. The van der Waals surface area contributed by atoms with Crippen LogP contribution in [-0.4, -0.2) is 4.98 Å². The molecule has 2 aromatic rings.